The molecule has 8 heteroatoms. The van der Waals surface area contributed by atoms with Gasteiger partial charge >= 0.3 is 0 Å². The van der Waals surface area contributed by atoms with Crippen LogP contribution >= 0.6 is 0 Å². The zero-order valence-electron chi connectivity index (χ0n) is 17.0. The van der Waals surface area contributed by atoms with Crippen molar-refractivity contribution in [3.63, 3.8) is 0 Å². The Hall–Kier alpha value is -2.71. The minimum Gasteiger partial charge on any atom is -0.493 e. The second-order valence-electron chi connectivity index (χ2n) is 8.47. The summed E-state index contributed by atoms with van der Waals surface area (Å²) in [5.74, 6) is 1.09. The molecule has 30 heavy (non-hydrogen) atoms. The second-order valence-corrected chi connectivity index (χ2v) is 8.47. The maximum absolute atomic E-state index is 10.8. The summed E-state index contributed by atoms with van der Waals surface area (Å²) >= 11 is 0. The number of aliphatic hydroxyl groups excluding tert-OH is 2. The topological polar surface area (TPSA) is 119 Å². The van der Waals surface area contributed by atoms with E-state index in [1.165, 1.54) is 11.9 Å². The third-order valence-corrected chi connectivity index (χ3v) is 6.51. The van der Waals surface area contributed by atoms with Crippen molar-refractivity contribution in [3.05, 3.63) is 41.6 Å². The summed E-state index contributed by atoms with van der Waals surface area (Å²) < 4.78 is 8.08. The molecule has 8 nitrogen and oxygen atoms in total. The molecule has 3 heterocycles. The highest BCUT2D eigenvalue weighted by atomic mass is 16.5. The van der Waals surface area contributed by atoms with Crippen LogP contribution in [0.1, 0.15) is 42.3 Å². The average molecular weight is 409 g/mol. The molecule has 3 aromatic heterocycles. The van der Waals surface area contributed by atoms with Crippen molar-refractivity contribution in [1.29, 1.82) is 0 Å². The lowest BCUT2D eigenvalue weighted by atomic mass is 9.95. The largest absolute Gasteiger partial charge is 0.493 e. The van der Waals surface area contributed by atoms with Gasteiger partial charge in [0.05, 0.1) is 24.1 Å². The van der Waals surface area contributed by atoms with E-state index < -0.39 is 12.2 Å². The van der Waals surface area contributed by atoms with Gasteiger partial charge < -0.3 is 25.3 Å². The van der Waals surface area contributed by atoms with Crippen LogP contribution in [0.15, 0.2) is 24.7 Å². The van der Waals surface area contributed by atoms with Crippen LogP contribution in [0.3, 0.4) is 0 Å². The van der Waals surface area contributed by atoms with Gasteiger partial charge in [0.15, 0.2) is 0 Å². The van der Waals surface area contributed by atoms with Crippen LogP contribution in [0, 0.1) is 12.8 Å². The number of nitrogens with two attached hydrogens (primary N) is 1. The number of aliphatic hydroxyl groups is 2. The molecular weight excluding hydrogens is 382 g/mol. The lowest BCUT2D eigenvalue weighted by Crippen LogP contribution is -2.31. The lowest BCUT2D eigenvalue weighted by molar-refractivity contribution is -0.00151. The first-order valence-corrected chi connectivity index (χ1v) is 10.6. The Morgan fingerprint density at radius 1 is 1.20 bits per heavy atom. The summed E-state index contributed by atoms with van der Waals surface area (Å²) in [6.45, 7) is 2.33. The first-order chi connectivity index (χ1) is 14.5. The summed E-state index contributed by atoms with van der Waals surface area (Å²) in [5, 5.41) is 22.2. The maximum atomic E-state index is 10.8. The van der Waals surface area contributed by atoms with Crippen LogP contribution in [0.5, 0.6) is 5.75 Å². The van der Waals surface area contributed by atoms with Crippen molar-refractivity contribution in [1.82, 2.24) is 19.5 Å². The van der Waals surface area contributed by atoms with E-state index in [4.69, 9.17) is 10.5 Å². The van der Waals surface area contributed by atoms with Gasteiger partial charge in [-0.3, -0.25) is 4.98 Å². The number of fused-ring (bicyclic) bond motifs is 2. The highest BCUT2D eigenvalue weighted by molar-refractivity contribution is 5.86. The van der Waals surface area contributed by atoms with E-state index in [2.05, 4.69) is 15.0 Å². The third kappa shape index (κ3) is 3.20. The molecule has 4 atom stereocenters. The Bertz CT molecular complexity index is 1080. The van der Waals surface area contributed by atoms with Gasteiger partial charge in [0.25, 0.3) is 0 Å². The minimum atomic E-state index is -0.904. The molecule has 0 radical (unpaired) electrons. The fourth-order valence-electron chi connectivity index (χ4n) is 4.92. The number of aryl methyl sites for hydroxylation is 2. The van der Waals surface area contributed by atoms with Gasteiger partial charge in [0, 0.05) is 35.1 Å². The molecule has 1 saturated carbocycles. The van der Waals surface area contributed by atoms with E-state index in [1.54, 1.807) is 0 Å². The molecule has 0 bridgehead atoms. The summed E-state index contributed by atoms with van der Waals surface area (Å²) in [5.41, 5.74) is 9.88. The number of nitrogens with zero attached hydrogens (tertiary/aromatic N) is 4. The minimum absolute atomic E-state index is 0.186. The van der Waals surface area contributed by atoms with E-state index in [0.29, 0.717) is 24.5 Å². The summed E-state index contributed by atoms with van der Waals surface area (Å²) in [6.07, 6.45) is 6.36. The van der Waals surface area contributed by atoms with Crippen LogP contribution in [0.2, 0.25) is 0 Å². The van der Waals surface area contributed by atoms with Crippen molar-refractivity contribution < 1.29 is 14.9 Å². The van der Waals surface area contributed by atoms with Gasteiger partial charge in [-0.2, -0.15) is 0 Å². The van der Waals surface area contributed by atoms with Crippen LogP contribution < -0.4 is 10.5 Å². The van der Waals surface area contributed by atoms with Gasteiger partial charge in [-0.1, -0.05) is 0 Å². The highest BCUT2D eigenvalue weighted by Gasteiger charge is 2.43. The number of hydrogen-bond acceptors (Lipinski definition) is 7. The van der Waals surface area contributed by atoms with E-state index >= 15 is 0 Å². The fourth-order valence-corrected chi connectivity index (χ4v) is 4.92. The Labute approximate surface area is 174 Å². The van der Waals surface area contributed by atoms with Crippen molar-refractivity contribution in [2.24, 2.45) is 5.92 Å². The number of pyridine rings is 1. The number of rotatable bonds is 4. The Morgan fingerprint density at radius 3 is 2.90 bits per heavy atom. The van der Waals surface area contributed by atoms with Gasteiger partial charge in [-0.15, -0.1) is 0 Å². The smallest absolute Gasteiger partial charge is 0.145 e. The lowest BCUT2D eigenvalue weighted by Gasteiger charge is -2.22. The molecule has 0 aromatic carbocycles. The molecule has 0 amide bonds. The third-order valence-electron chi connectivity index (χ3n) is 6.51. The molecule has 2 aliphatic rings. The number of nitrogen functional groups attached to an aromatic ring is 1. The fraction of sp³-hybridized carbons (Fsp3) is 0.500. The van der Waals surface area contributed by atoms with E-state index in [1.807, 2.05) is 29.8 Å². The number of hydrogen-bond donors (Lipinski definition) is 3. The Kier molecular flexibility index (Phi) is 4.83. The molecule has 4 N–H and O–H groups in total. The highest BCUT2D eigenvalue weighted by Crippen LogP contribution is 2.38. The van der Waals surface area contributed by atoms with E-state index in [0.717, 1.165) is 48.2 Å². The summed E-state index contributed by atoms with van der Waals surface area (Å²) in [4.78, 5) is 13.0. The van der Waals surface area contributed by atoms with Crippen LogP contribution in [0.25, 0.3) is 11.0 Å². The molecule has 5 rings (SSSR count). The van der Waals surface area contributed by atoms with Crippen LogP contribution in [-0.4, -0.2) is 48.5 Å². The molecule has 3 aromatic rings. The summed E-state index contributed by atoms with van der Waals surface area (Å²) in [7, 11) is 0. The normalized spacial score (nSPS) is 26.1. The Morgan fingerprint density at radius 2 is 2.03 bits per heavy atom. The monoisotopic (exact) mass is 409 g/mol. The predicted octanol–water partition coefficient (Wildman–Crippen LogP) is 1.96. The number of ether oxygens (including phenoxy) is 1. The van der Waals surface area contributed by atoms with Crippen LogP contribution in [-0.2, 0) is 12.8 Å². The second kappa shape index (κ2) is 7.52. The van der Waals surface area contributed by atoms with E-state index in [9.17, 15) is 10.2 Å². The standard InChI is InChI=1S/C22H27N5O3/c1-12-8-18(14-4-2-3-5-16(14)26-12)30-10-13-9-17(20(29)19(13)28)27-7-6-15-21(23)24-11-25-22(15)27/h6-8,11,13,17,19-20,28-29H,2-5,9-10H2,1H3,(H2,23,24,25)/t13-,17+,19+,20-/m0/s1. The number of anilines is 1. The average Bonchev–Trinajstić information content (AvgIpc) is 3.29. The van der Waals surface area contributed by atoms with Crippen molar-refractivity contribution >= 4 is 16.9 Å². The molecule has 1 fully saturated rings. The van der Waals surface area contributed by atoms with Gasteiger partial charge in [-0.25, -0.2) is 9.97 Å². The van der Waals surface area contributed by atoms with Crippen LogP contribution in [0.4, 0.5) is 5.82 Å². The SMILES string of the molecule is Cc1cc(OC[C@@H]2C[C@@H](n3ccc4c(N)ncnc43)[C@H](O)[C@@H]2O)c2c(n1)CCCC2. The summed E-state index contributed by atoms with van der Waals surface area (Å²) in [6, 6.07) is 3.53. The number of aromatic nitrogens is 4. The molecule has 0 saturated heterocycles. The molecule has 0 unspecified atom stereocenters. The zero-order chi connectivity index (χ0) is 20.8. The molecule has 2 aliphatic carbocycles. The molecular formula is C22H27N5O3. The van der Waals surface area contributed by atoms with Gasteiger partial charge in [0.2, 0.25) is 0 Å². The predicted molar refractivity (Wildman–Crippen MR) is 112 cm³/mol. The van der Waals surface area contributed by atoms with Crippen molar-refractivity contribution in [2.45, 2.75) is 57.3 Å². The Balaban J connectivity index is 1.36. The van der Waals surface area contributed by atoms with Crippen molar-refractivity contribution in [3.8, 4) is 5.75 Å². The van der Waals surface area contributed by atoms with E-state index in [-0.39, 0.29) is 12.0 Å². The molecule has 158 valence electrons. The first-order valence-electron chi connectivity index (χ1n) is 10.6. The first kappa shape index (κ1) is 19.3. The zero-order valence-corrected chi connectivity index (χ0v) is 17.0. The molecule has 0 aliphatic heterocycles. The van der Waals surface area contributed by atoms with Gasteiger partial charge in [-0.05, 0) is 45.1 Å². The maximum Gasteiger partial charge on any atom is 0.145 e. The molecule has 0 spiro atoms. The quantitative estimate of drug-likeness (QED) is 0.602. The van der Waals surface area contributed by atoms with Crippen molar-refractivity contribution in [2.75, 3.05) is 12.3 Å². The van der Waals surface area contributed by atoms with Gasteiger partial charge in [0.1, 0.15) is 29.6 Å².